The summed E-state index contributed by atoms with van der Waals surface area (Å²) in [5.74, 6) is 0.0445. The van der Waals surface area contributed by atoms with Crippen LogP contribution in [-0.4, -0.2) is 43.2 Å². The number of hydrogen-bond donors (Lipinski definition) is 1. The Kier molecular flexibility index (Phi) is 31.4. The number of ether oxygens (including phenoxy) is 1. The maximum Gasteiger partial charge on any atom is 0.306 e. The van der Waals surface area contributed by atoms with Crippen LogP contribution in [-0.2, 0) is 9.53 Å². The second kappa shape index (κ2) is 31.9. The zero-order chi connectivity index (χ0) is 28.7. The first-order valence-corrected chi connectivity index (χ1v) is 17.8. The maximum absolute atomic E-state index is 12.6. The first-order valence-electron chi connectivity index (χ1n) is 17.8. The molecule has 0 aliphatic heterocycles. The van der Waals surface area contributed by atoms with Crippen LogP contribution in [0.3, 0.4) is 0 Å². The van der Waals surface area contributed by atoms with E-state index in [-0.39, 0.29) is 12.1 Å². The van der Waals surface area contributed by atoms with E-state index in [2.05, 4.69) is 25.7 Å². The lowest BCUT2D eigenvalue weighted by atomic mass is 10.0. The van der Waals surface area contributed by atoms with Crippen LogP contribution in [0.1, 0.15) is 188 Å². The minimum Gasteiger partial charge on any atom is -0.462 e. The van der Waals surface area contributed by atoms with Crippen LogP contribution < -0.4 is 5.73 Å². The molecule has 0 saturated carbocycles. The summed E-state index contributed by atoms with van der Waals surface area (Å²) < 4.78 is 6.00. The van der Waals surface area contributed by atoms with Crippen molar-refractivity contribution in [2.24, 2.45) is 5.73 Å². The average molecular weight is 553 g/mol. The molecule has 2 N–H and O–H groups in total. The summed E-state index contributed by atoms with van der Waals surface area (Å²) in [5.41, 5.74) is 5.78. The molecule has 0 radical (unpaired) electrons. The van der Waals surface area contributed by atoms with E-state index in [9.17, 15) is 4.79 Å². The van der Waals surface area contributed by atoms with Gasteiger partial charge in [0.05, 0.1) is 0 Å². The molecule has 234 valence electrons. The Morgan fingerprint density at radius 2 is 0.923 bits per heavy atom. The van der Waals surface area contributed by atoms with Crippen LogP contribution in [0.15, 0.2) is 0 Å². The maximum atomic E-state index is 12.6. The monoisotopic (exact) mass is 553 g/mol. The molecular formula is C35H72N2O2. The Balaban J connectivity index is 4.12. The molecule has 39 heavy (non-hydrogen) atoms. The minimum absolute atomic E-state index is 0.0445. The van der Waals surface area contributed by atoms with E-state index in [1.807, 2.05) is 0 Å². The second-order valence-electron chi connectivity index (χ2n) is 12.1. The van der Waals surface area contributed by atoms with Crippen molar-refractivity contribution in [2.75, 3.05) is 26.2 Å². The van der Waals surface area contributed by atoms with Crippen molar-refractivity contribution in [1.29, 1.82) is 0 Å². The van der Waals surface area contributed by atoms with E-state index in [0.717, 1.165) is 45.2 Å². The summed E-state index contributed by atoms with van der Waals surface area (Å²) in [7, 11) is 0. The van der Waals surface area contributed by atoms with E-state index in [4.69, 9.17) is 10.5 Å². The van der Waals surface area contributed by atoms with Crippen molar-refractivity contribution >= 4 is 5.97 Å². The topological polar surface area (TPSA) is 55.6 Å². The fourth-order valence-corrected chi connectivity index (χ4v) is 5.54. The van der Waals surface area contributed by atoms with Crippen LogP contribution in [0.2, 0.25) is 0 Å². The van der Waals surface area contributed by atoms with Crippen molar-refractivity contribution in [2.45, 2.75) is 194 Å². The Hall–Kier alpha value is -0.610. The molecule has 0 heterocycles. The molecule has 0 aromatic carbocycles. The molecule has 0 aromatic heterocycles. The third-order valence-corrected chi connectivity index (χ3v) is 8.17. The van der Waals surface area contributed by atoms with Crippen LogP contribution in [0.4, 0.5) is 0 Å². The van der Waals surface area contributed by atoms with Crippen molar-refractivity contribution < 1.29 is 9.53 Å². The molecule has 0 saturated heterocycles. The fourth-order valence-electron chi connectivity index (χ4n) is 5.54. The molecule has 0 aliphatic rings. The molecule has 4 heteroatoms. The van der Waals surface area contributed by atoms with Crippen molar-refractivity contribution in [3.8, 4) is 0 Å². The third-order valence-electron chi connectivity index (χ3n) is 8.17. The number of nitrogens with zero attached hydrogens (tertiary/aromatic N) is 1. The lowest BCUT2D eigenvalue weighted by molar-refractivity contribution is -0.150. The molecule has 0 aromatic rings. The number of nitrogens with two attached hydrogens (primary N) is 1. The van der Waals surface area contributed by atoms with Gasteiger partial charge in [-0.3, -0.25) is 4.79 Å². The Morgan fingerprint density at radius 3 is 1.38 bits per heavy atom. The Morgan fingerprint density at radius 1 is 0.538 bits per heavy atom. The second-order valence-corrected chi connectivity index (χ2v) is 12.1. The predicted octanol–water partition coefficient (Wildman–Crippen LogP) is 10.4. The summed E-state index contributed by atoms with van der Waals surface area (Å²) in [6, 6.07) is 0. The molecule has 0 bridgehead atoms. The van der Waals surface area contributed by atoms with E-state index in [1.54, 1.807) is 0 Å². The van der Waals surface area contributed by atoms with Gasteiger partial charge in [-0.1, -0.05) is 130 Å². The smallest absolute Gasteiger partial charge is 0.306 e. The molecule has 0 aliphatic carbocycles. The average Bonchev–Trinajstić information content (AvgIpc) is 2.94. The normalized spacial score (nSPS) is 12.3. The first-order chi connectivity index (χ1) is 19.2. The molecule has 1 unspecified atom stereocenters. The standard InChI is InChI=1S/C35H72N2O2/c1-4-7-10-13-15-19-24-31-37(33-26-30-36)32-25-20-18-23-29-35(38)39-34(27-21-16-12-9-6-3)28-22-17-14-11-8-5-2/h34H,4-33,36H2,1-3H3. The lowest BCUT2D eigenvalue weighted by Crippen LogP contribution is -2.28. The van der Waals surface area contributed by atoms with Crippen molar-refractivity contribution in [3.63, 3.8) is 0 Å². The molecular weight excluding hydrogens is 480 g/mol. The molecule has 0 spiro atoms. The molecule has 1 atom stereocenters. The van der Waals surface area contributed by atoms with Gasteiger partial charge in [0.1, 0.15) is 6.10 Å². The lowest BCUT2D eigenvalue weighted by Gasteiger charge is -2.22. The van der Waals surface area contributed by atoms with E-state index in [1.165, 1.54) is 142 Å². The predicted molar refractivity (Wildman–Crippen MR) is 172 cm³/mol. The van der Waals surface area contributed by atoms with Crippen LogP contribution in [0.25, 0.3) is 0 Å². The summed E-state index contributed by atoms with van der Waals surface area (Å²) in [6.07, 6.45) is 32.3. The number of carbonyl (C=O) groups excluding carboxylic acids is 1. The van der Waals surface area contributed by atoms with Crippen LogP contribution in [0.5, 0.6) is 0 Å². The Labute approximate surface area is 246 Å². The number of carbonyl (C=O) groups is 1. The quantitative estimate of drug-likeness (QED) is 0.0666. The van der Waals surface area contributed by atoms with Gasteiger partial charge in [0, 0.05) is 6.42 Å². The van der Waals surface area contributed by atoms with Gasteiger partial charge in [-0.25, -0.2) is 0 Å². The summed E-state index contributed by atoms with van der Waals surface area (Å²) >= 11 is 0. The van der Waals surface area contributed by atoms with Crippen LogP contribution >= 0.6 is 0 Å². The van der Waals surface area contributed by atoms with Gasteiger partial charge in [0.25, 0.3) is 0 Å². The van der Waals surface area contributed by atoms with Gasteiger partial charge in [0.15, 0.2) is 0 Å². The van der Waals surface area contributed by atoms with Gasteiger partial charge in [-0.2, -0.15) is 0 Å². The molecule has 4 nitrogen and oxygen atoms in total. The Bertz CT molecular complexity index is 485. The number of hydrogen-bond acceptors (Lipinski definition) is 4. The summed E-state index contributed by atoms with van der Waals surface area (Å²) in [4.78, 5) is 15.2. The summed E-state index contributed by atoms with van der Waals surface area (Å²) in [6.45, 7) is 11.1. The van der Waals surface area contributed by atoms with E-state index >= 15 is 0 Å². The highest BCUT2D eigenvalue weighted by Gasteiger charge is 2.14. The highest BCUT2D eigenvalue weighted by molar-refractivity contribution is 5.69. The highest BCUT2D eigenvalue weighted by atomic mass is 16.5. The van der Waals surface area contributed by atoms with Gasteiger partial charge in [-0.05, 0) is 77.5 Å². The van der Waals surface area contributed by atoms with Crippen molar-refractivity contribution in [3.05, 3.63) is 0 Å². The molecule has 0 amide bonds. The highest BCUT2D eigenvalue weighted by Crippen LogP contribution is 2.18. The van der Waals surface area contributed by atoms with Crippen molar-refractivity contribution in [1.82, 2.24) is 4.90 Å². The molecule has 0 rings (SSSR count). The number of unbranched alkanes of at least 4 members (excludes halogenated alkanes) is 18. The number of rotatable bonds is 32. The first kappa shape index (κ1) is 38.4. The largest absolute Gasteiger partial charge is 0.462 e. The molecule has 0 fully saturated rings. The summed E-state index contributed by atoms with van der Waals surface area (Å²) in [5, 5.41) is 0. The third kappa shape index (κ3) is 28.7. The zero-order valence-electron chi connectivity index (χ0n) is 27.1. The van der Waals surface area contributed by atoms with E-state index in [0.29, 0.717) is 6.42 Å². The number of esters is 1. The van der Waals surface area contributed by atoms with E-state index < -0.39 is 0 Å². The SMILES string of the molecule is CCCCCCCCCN(CCCN)CCCCCCC(=O)OC(CCCCCCC)CCCCCCCC. The fraction of sp³-hybridized carbons (Fsp3) is 0.971. The van der Waals surface area contributed by atoms with Gasteiger partial charge in [0.2, 0.25) is 0 Å². The van der Waals surface area contributed by atoms with Gasteiger partial charge < -0.3 is 15.4 Å². The van der Waals surface area contributed by atoms with Crippen LogP contribution in [0, 0.1) is 0 Å². The van der Waals surface area contributed by atoms with Gasteiger partial charge >= 0.3 is 5.97 Å². The minimum atomic E-state index is 0.0445. The van der Waals surface area contributed by atoms with Gasteiger partial charge in [-0.15, -0.1) is 0 Å². The zero-order valence-corrected chi connectivity index (χ0v) is 27.1.